The van der Waals surface area contributed by atoms with E-state index in [1.807, 2.05) is 27.7 Å². The van der Waals surface area contributed by atoms with Gasteiger partial charge in [0, 0.05) is 24.3 Å². The van der Waals surface area contributed by atoms with Crippen LogP contribution < -0.4 is 20.1 Å². The number of rotatable bonds is 14. The van der Waals surface area contributed by atoms with Crippen LogP contribution >= 0.6 is 0 Å². The average molecular weight is 825 g/mol. The molecule has 1 aliphatic rings. The largest absolute Gasteiger partial charge is 0.486 e. The molecule has 1 atom stereocenters. The molecule has 1 saturated heterocycles. The number of fused-ring (bicyclic) bond motifs is 1. The maximum Gasteiger partial charge on any atom is 0.393 e. The molecule has 16 heteroatoms. The first-order valence-corrected chi connectivity index (χ1v) is 20.8. The lowest BCUT2D eigenvalue weighted by Crippen LogP contribution is -2.41. The number of alkyl halides is 3. The number of amides is 1. The summed E-state index contributed by atoms with van der Waals surface area (Å²) in [6, 6.07) is 17.6. The van der Waals surface area contributed by atoms with Crippen LogP contribution in [0.4, 0.5) is 29.1 Å². The summed E-state index contributed by atoms with van der Waals surface area (Å²) >= 11 is 0. The Morgan fingerprint density at radius 1 is 1.02 bits per heavy atom. The fourth-order valence-electron chi connectivity index (χ4n) is 6.79. The predicted octanol–water partition coefficient (Wildman–Crippen LogP) is 9.22. The van der Waals surface area contributed by atoms with Crippen LogP contribution in [0.25, 0.3) is 22.2 Å². The molecule has 3 aromatic carbocycles. The molecule has 0 bridgehead atoms. The summed E-state index contributed by atoms with van der Waals surface area (Å²) in [5.74, 6) is -1.83. The molecule has 2 aromatic heterocycles. The van der Waals surface area contributed by atoms with E-state index < -0.39 is 46.1 Å². The van der Waals surface area contributed by atoms with Gasteiger partial charge < -0.3 is 20.1 Å². The van der Waals surface area contributed by atoms with E-state index in [4.69, 9.17) is 19.6 Å². The van der Waals surface area contributed by atoms with E-state index in [0.717, 1.165) is 30.5 Å². The number of aromatic nitrogens is 3. The number of carbonyl (C=O) groups is 1. The molecule has 0 spiro atoms. The number of hydrogen-bond donors (Lipinski definition) is 3. The minimum Gasteiger partial charge on any atom is -0.486 e. The van der Waals surface area contributed by atoms with Crippen molar-refractivity contribution >= 4 is 38.3 Å². The third-order valence-electron chi connectivity index (χ3n) is 9.33. The number of nitrogens with one attached hydrogen (secondary N) is 3. The first kappa shape index (κ1) is 42.4. The second-order valence-corrected chi connectivity index (χ2v) is 17.4. The molecule has 0 aliphatic carbocycles. The molecule has 3 N–H and O–H groups in total. The van der Waals surface area contributed by atoms with Gasteiger partial charge in [-0.15, -0.1) is 0 Å². The first-order valence-electron chi connectivity index (χ1n) is 19.2. The van der Waals surface area contributed by atoms with E-state index in [0.29, 0.717) is 41.8 Å². The summed E-state index contributed by atoms with van der Waals surface area (Å²) in [4.78, 5) is 18.8. The summed E-state index contributed by atoms with van der Waals surface area (Å²) in [5, 5.41) is 11.2. The van der Waals surface area contributed by atoms with Gasteiger partial charge in [-0.05, 0) is 94.3 Å². The van der Waals surface area contributed by atoms with Crippen molar-refractivity contribution in [3.05, 3.63) is 100 Å². The minimum atomic E-state index is -4.68. The van der Waals surface area contributed by atoms with Crippen molar-refractivity contribution in [1.82, 2.24) is 20.1 Å². The van der Waals surface area contributed by atoms with Gasteiger partial charge in [0.15, 0.2) is 23.5 Å². The van der Waals surface area contributed by atoms with Gasteiger partial charge in [0.1, 0.15) is 12.4 Å². The van der Waals surface area contributed by atoms with Crippen molar-refractivity contribution < 1.29 is 40.2 Å². The van der Waals surface area contributed by atoms with Crippen LogP contribution in [0.5, 0.6) is 5.75 Å². The summed E-state index contributed by atoms with van der Waals surface area (Å²) in [5.41, 5.74) is 1.55. The number of anilines is 2. The van der Waals surface area contributed by atoms with Gasteiger partial charge in [-0.1, -0.05) is 55.0 Å². The van der Waals surface area contributed by atoms with Crippen molar-refractivity contribution in [2.24, 2.45) is 0 Å². The van der Waals surface area contributed by atoms with Crippen LogP contribution in [0, 0.1) is 12.7 Å². The van der Waals surface area contributed by atoms with Gasteiger partial charge in [0.25, 0.3) is 5.91 Å². The van der Waals surface area contributed by atoms with Gasteiger partial charge in [0.05, 0.1) is 34.5 Å². The second-order valence-electron chi connectivity index (χ2n) is 15.5. The number of ether oxygens (including phenoxy) is 2. The van der Waals surface area contributed by atoms with Crippen LogP contribution in [-0.2, 0) is 34.3 Å². The highest BCUT2D eigenvalue weighted by Gasteiger charge is 2.33. The van der Waals surface area contributed by atoms with E-state index in [-0.39, 0.29) is 58.4 Å². The standard InChI is InChI=1S/C42H48F4N6O5S/c1-6-18-58(54,55)51-32-16-15-26(2)19-29(32)24-47-39-37-34(52(36-14-10-11-17-56-36)50-38(37)40(53)49-41(3,4)5)22-33(48-39)30-21-31(43)35(20-28(30)23-42(44,45)46)57-25-27-12-8-7-9-13-27/h7-9,12-13,15-16,19-22,36,51H,6,10-11,14,17-18,23-25H2,1-5H3,(H,47,48)(H,49,53). The second kappa shape index (κ2) is 17.3. The fraction of sp³-hybridized carbons (Fsp3) is 0.405. The lowest BCUT2D eigenvalue weighted by atomic mass is 9.99. The van der Waals surface area contributed by atoms with E-state index in [2.05, 4.69) is 15.4 Å². The maximum atomic E-state index is 15.9. The molecule has 1 unspecified atom stereocenters. The zero-order valence-electron chi connectivity index (χ0n) is 33.1. The van der Waals surface area contributed by atoms with Crippen molar-refractivity contribution in [1.29, 1.82) is 0 Å². The maximum absolute atomic E-state index is 15.9. The molecular formula is C42H48F4N6O5S. The average Bonchev–Trinajstić information content (AvgIpc) is 3.54. The Balaban J connectivity index is 1.54. The molecule has 1 amide bonds. The predicted molar refractivity (Wildman–Crippen MR) is 216 cm³/mol. The highest BCUT2D eigenvalue weighted by atomic mass is 32.2. The molecule has 0 saturated carbocycles. The zero-order valence-corrected chi connectivity index (χ0v) is 33.9. The van der Waals surface area contributed by atoms with Crippen LogP contribution in [-0.4, -0.2) is 53.2 Å². The number of carbonyl (C=O) groups excluding carboxylic acids is 1. The Labute approximate surface area is 335 Å². The summed E-state index contributed by atoms with van der Waals surface area (Å²) < 4.78 is 100. The lowest BCUT2D eigenvalue weighted by Gasteiger charge is -2.24. The van der Waals surface area contributed by atoms with E-state index in [1.165, 1.54) is 10.7 Å². The topological polar surface area (TPSA) is 136 Å². The number of aryl methyl sites for hydroxylation is 1. The molecule has 1 fully saturated rings. The molecule has 5 aromatic rings. The van der Waals surface area contributed by atoms with Gasteiger partial charge in [0.2, 0.25) is 10.0 Å². The third-order valence-corrected chi connectivity index (χ3v) is 10.8. The molecular weight excluding hydrogens is 777 g/mol. The molecule has 3 heterocycles. The number of pyridine rings is 1. The van der Waals surface area contributed by atoms with Crippen molar-refractivity contribution in [2.45, 2.75) is 97.8 Å². The highest BCUT2D eigenvalue weighted by Crippen LogP contribution is 2.39. The number of hydrogen-bond acceptors (Lipinski definition) is 8. The van der Waals surface area contributed by atoms with Crippen molar-refractivity contribution in [2.75, 3.05) is 22.4 Å². The van der Waals surface area contributed by atoms with Gasteiger partial charge >= 0.3 is 6.18 Å². The van der Waals surface area contributed by atoms with Gasteiger partial charge in [-0.25, -0.2) is 22.5 Å². The molecule has 1 aliphatic heterocycles. The minimum absolute atomic E-state index is 0.0138. The van der Waals surface area contributed by atoms with Crippen LogP contribution in [0.3, 0.4) is 0 Å². The molecule has 58 heavy (non-hydrogen) atoms. The number of sulfonamides is 1. The number of halogens is 4. The van der Waals surface area contributed by atoms with Crippen molar-refractivity contribution in [3.8, 4) is 17.0 Å². The quantitative estimate of drug-likeness (QED) is 0.0944. The molecule has 11 nitrogen and oxygen atoms in total. The molecule has 0 radical (unpaired) electrons. The molecule has 310 valence electrons. The highest BCUT2D eigenvalue weighted by molar-refractivity contribution is 7.92. The number of benzene rings is 3. The zero-order chi connectivity index (χ0) is 41.8. The SMILES string of the molecule is CCCS(=O)(=O)Nc1ccc(C)cc1CNc1nc(-c2cc(F)c(OCc3ccccc3)cc2CC(F)(F)F)cc2c1c(C(=O)NC(C)(C)C)nn2C1CCCCO1. The Kier molecular flexibility index (Phi) is 12.7. The van der Waals surface area contributed by atoms with Crippen LogP contribution in [0.1, 0.15) is 92.3 Å². The summed E-state index contributed by atoms with van der Waals surface area (Å²) in [6.45, 7) is 9.36. The Morgan fingerprint density at radius 3 is 2.45 bits per heavy atom. The van der Waals surface area contributed by atoms with E-state index in [9.17, 15) is 26.4 Å². The fourth-order valence-corrected chi connectivity index (χ4v) is 7.97. The first-order chi connectivity index (χ1) is 27.4. The Bertz CT molecular complexity index is 2370. The van der Waals surface area contributed by atoms with Gasteiger partial charge in [-0.2, -0.15) is 18.3 Å². The Morgan fingerprint density at radius 2 is 1.78 bits per heavy atom. The smallest absolute Gasteiger partial charge is 0.393 e. The van der Waals surface area contributed by atoms with E-state index >= 15 is 4.39 Å². The lowest BCUT2D eigenvalue weighted by molar-refractivity contribution is -0.127. The summed E-state index contributed by atoms with van der Waals surface area (Å²) in [7, 11) is -3.68. The Hall–Kier alpha value is -5.22. The third kappa shape index (κ3) is 10.6. The van der Waals surface area contributed by atoms with Crippen LogP contribution in [0.15, 0.2) is 66.7 Å². The monoisotopic (exact) mass is 824 g/mol. The van der Waals surface area contributed by atoms with E-state index in [1.54, 1.807) is 55.5 Å². The van der Waals surface area contributed by atoms with Crippen molar-refractivity contribution in [3.63, 3.8) is 0 Å². The molecule has 6 rings (SSSR count). The number of nitrogens with zero attached hydrogens (tertiary/aromatic N) is 3. The van der Waals surface area contributed by atoms with Crippen LogP contribution in [0.2, 0.25) is 0 Å². The summed E-state index contributed by atoms with van der Waals surface area (Å²) in [6.07, 6.45) is -4.16. The van der Waals surface area contributed by atoms with Gasteiger partial charge in [-0.3, -0.25) is 9.52 Å². The normalized spacial score (nSPS) is 15.0.